The van der Waals surface area contributed by atoms with E-state index in [-0.39, 0.29) is 55.6 Å². The Morgan fingerprint density at radius 1 is 1.09 bits per heavy atom. The molecule has 1 N–H and O–H groups in total. The number of likely N-dealkylation sites (tertiary alicyclic amines) is 1. The number of nitro groups is 1. The van der Waals surface area contributed by atoms with Crippen LogP contribution in [0.15, 0.2) is 54.6 Å². The van der Waals surface area contributed by atoms with Crippen LogP contribution in [0.5, 0.6) is 0 Å². The minimum Gasteiger partial charge on any atom is -0.461 e. The van der Waals surface area contributed by atoms with Gasteiger partial charge >= 0.3 is 5.97 Å². The van der Waals surface area contributed by atoms with Crippen LogP contribution in [0.4, 0.5) is 5.69 Å². The molecule has 0 unspecified atom stereocenters. The number of esters is 1. The van der Waals surface area contributed by atoms with Gasteiger partial charge in [-0.3, -0.25) is 24.5 Å². The van der Waals surface area contributed by atoms with E-state index in [1.807, 2.05) is 37.3 Å². The van der Waals surface area contributed by atoms with Gasteiger partial charge in [0.05, 0.1) is 29.8 Å². The van der Waals surface area contributed by atoms with Crippen molar-refractivity contribution in [3.63, 3.8) is 0 Å². The van der Waals surface area contributed by atoms with E-state index in [2.05, 4.69) is 5.32 Å². The number of benzene rings is 2. The van der Waals surface area contributed by atoms with Crippen molar-refractivity contribution in [1.82, 2.24) is 10.2 Å². The predicted molar refractivity (Wildman–Crippen MR) is 115 cm³/mol. The van der Waals surface area contributed by atoms with Crippen LogP contribution in [0.25, 0.3) is 0 Å². The van der Waals surface area contributed by atoms with E-state index in [0.29, 0.717) is 12.0 Å². The van der Waals surface area contributed by atoms with Gasteiger partial charge in [-0.15, -0.1) is 0 Å². The molecule has 0 bridgehead atoms. The van der Waals surface area contributed by atoms with E-state index >= 15 is 0 Å². The topological polar surface area (TPSA) is 119 Å². The molecule has 2 atom stereocenters. The summed E-state index contributed by atoms with van der Waals surface area (Å²) in [4.78, 5) is 48.7. The third-order valence-corrected chi connectivity index (χ3v) is 5.47. The standard InChI is InChI=1S/C23H25N3O6/c1-2-19-20(12-22(28)32-15-17-6-4-3-5-7-17)25(23(19)29)14-21(27)24-13-16-8-10-18(11-9-16)26(30)31/h3-11,19-20H,2,12-15H2,1H3,(H,24,27)/t19-,20-/m1/s1. The van der Waals surface area contributed by atoms with Crippen LogP contribution in [0, 0.1) is 16.0 Å². The van der Waals surface area contributed by atoms with Gasteiger partial charge in [0.25, 0.3) is 5.69 Å². The van der Waals surface area contributed by atoms with E-state index in [9.17, 15) is 24.5 Å². The van der Waals surface area contributed by atoms with Gasteiger partial charge in [-0.1, -0.05) is 49.4 Å². The number of nitrogens with zero attached hydrogens (tertiary/aromatic N) is 2. The summed E-state index contributed by atoms with van der Waals surface area (Å²) in [6, 6.07) is 14.8. The SMILES string of the molecule is CC[C@H]1C(=O)N(CC(=O)NCc2ccc([N+](=O)[O-])cc2)[C@@H]1CC(=O)OCc1ccccc1. The van der Waals surface area contributed by atoms with Crippen LogP contribution in [0.2, 0.25) is 0 Å². The second kappa shape index (κ2) is 10.5. The largest absolute Gasteiger partial charge is 0.461 e. The molecule has 1 saturated heterocycles. The zero-order valence-corrected chi connectivity index (χ0v) is 17.7. The van der Waals surface area contributed by atoms with Crippen molar-refractivity contribution in [1.29, 1.82) is 0 Å². The number of hydrogen-bond acceptors (Lipinski definition) is 6. The maximum Gasteiger partial charge on any atom is 0.308 e. The number of rotatable bonds is 10. The molecule has 0 spiro atoms. The Labute approximate surface area is 185 Å². The summed E-state index contributed by atoms with van der Waals surface area (Å²) < 4.78 is 5.32. The second-order valence-electron chi connectivity index (χ2n) is 7.60. The number of non-ortho nitro benzene ring substituents is 1. The minimum absolute atomic E-state index is 0.0288. The Morgan fingerprint density at radius 2 is 1.78 bits per heavy atom. The molecule has 0 aromatic heterocycles. The zero-order valence-electron chi connectivity index (χ0n) is 17.7. The van der Waals surface area contributed by atoms with Gasteiger partial charge in [0.2, 0.25) is 11.8 Å². The van der Waals surface area contributed by atoms with Crippen molar-refractivity contribution in [3.8, 4) is 0 Å². The number of carbonyl (C=O) groups excluding carboxylic acids is 3. The third-order valence-electron chi connectivity index (χ3n) is 5.47. The molecular formula is C23H25N3O6. The fourth-order valence-corrected chi connectivity index (χ4v) is 3.68. The lowest BCUT2D eigenvalue weighted by Gasteiger charge is -2.46. The van der Waals surface area contributed by atoms with E-state index in [4.69, 9.17) is 4.74 Å². The van der Waals surface area contributed by atoms with Gasteiger partial charge in [0, 0.05) is 18.7 Å². The maximum absolute atomic E-state index is 12.4. The van der Waals surface area contributed by atoms with Crippen molar-refractivity contribution in [2.45, 2.75) is 39.0 Å². The lowest BCUT2D eigenvalue weighted by Crippen LogP contribution is -2.63. The lowest BCUT2D eigenvalue weighted by molar-refractivity contribution is -0.384. The molecule has 168 valence electrons. The lowest BCUT2D eigenvalue weighted by atomic mass is 9.83. The number of amides is 2. The molecule has 32 heavy (non-hydrogen) atoms. The molecule has 0 aliphatic carbocycles. The maximum atomic E-state index is 12.4. The number of β-lactam (4-membered cyclic amide) rings is 1. The van der Waals surface area contributed by atoms with Crippen LogP contribution in [0.3, 0.4) is 0 Å². The molecule has 2 aromatic carbocycles. The molecule has 1 aliphatic heterocycles. The minimum atomic E-state index is -0.493. The first-order chi connectivity index (χ1) is 15.4. The normalized spacial score (nSPS) is 17.4. The molecule has 1 aliphatic rings. The van der Waals surface area contributed by atoms with Crippen molar-refractivity contribution < 1.29 is 24.0 Å². The van der Waals surface area contributed by atoms with Crippen LogP contribution in [-0.4, -0.2) is 40.2 Å². The number of nitro benzene ring substituents is 1. The van der Waals surface area contributed by atoms with Gasteiger partial charge in [0.15, 0.2) is 0 Å². The van der Waals surface area contributed by atoms with Crippen molar-refractivity contribution in [2.75, 3.05) is 6.54 Å². The smallest absolute Gasteiger partial charge is 0.308 e. The number of hydrogen-bond donors (Lipinski definition) is 1. The summed E-state index contributed by atoms with van der Waals surface area (Å²) in [7, 11) is 0. The first-order valence-corrected chi connectivity index (χ1v) is 10.4. The summed E-state index contributed by atoms with van der Waals surface area (Å²) in [6.45, 7) is 2.06. The Bertz CT molecular complexity index is 977. The summed E-state index contributed by atoms with van der Waals surface area (Å²) in [5.41, 5.74) is 1.55. The number of nitrogens with one attached hydrogen (secondary N) is 1. The molecular weight excluding hydrogens is 414 g/mol. The summed E-state index contributed by atoms with van der Waals surface area (Å²) in [5.74, 6) is -1.24. The van der Waals surface area contributed by atoms with Crippen molar-refractivity contribution in [3.05, 3.63) is 75.8 Å². The Kier molecular flexibility index (Phi) is 7.54. The molecule has 9 nitrogen and oxygen atoms in total. The molecule has 1 fully saturated rings. The molecule has 9 heteroatoms. The van der Waals surface area contributed by atoms with Gasteiger partial charge in [0.1, 0.15) is 6.61 Å². The summed E-state index contributed by atoms with van der Waals surface area (Å²) in [6.07, 6.45) is 0.614. The zero-order chi connectivity index (χ0) is 23.1. The van der Waals surface area contributed by atoms with E-state index in [0.717, 1.165) is 5.56 Å². The van der Waals surface area contributed by atoms with Crippen molar-refractivity contribution in [2.24, 2.45) is 5.92 Å². The average Bonchev–Trinajstić information content (AvgIpc) is 2.80. The molecule has 2 amide bonds. The highest BCUT2D eigenvalue weighted by Gasteiger charge is 2.47. The number of carbonyl (C=O) groups is 3. The molecule has 2 aromatic rings. The highest BCUT2D eigenvalue weighted by Crippen LogP contribution is 2.31. The van der Waals surface area contributed by atoms with E-state index < -0.39 is 10.9 Å². The highest BCUT2D eigenvalue weighted by atomic mass is 16.6. The summed E-state index contributed by atoms with van der Waals surface area (Å²) >= 11 is 0. The quantitative estimate of drug-likeness (QED) is 0.263. The van der Waals surface area contributed by atoms with Crippen LogP contribution in [0.1, 0.15) is 30.9 Å². The van der Waals surface area contributed by atoms with Gasteiger partial charge in [-0.2, -0.15) is 0 Å². The van der Waals surface area contributed by atoms with Gasteiger partial charge < -0.3 is 15.0 Å². The monoisotopic (exact) mass is 439 g/mol. The van der Waals surface area contributed by atoms with Crippen LogP contribution < -0.4 is 5.32 Å². The van der Waals surface area contributed by atoms with E-state index in [1.54, 1.807) is 12.1 Å². The Hall–Kier alpha value is -3.75. The van der Waals surface area contributed by atoms with Crippen LogP contribution in [-0.2, 0) is 32.3 Å². The highest BCUT2D eigenvalue weighted by molar-refractivity contribution is 5.92. The first-order valence-electron chi connectivity index (χ1n) is 10.4. The van der Waals surface area contributed by atoms with Crippen LogP contribution >= 0.6 is 0 Å². The Balaban J connectivity index is 1.49. The molecule has 0 saturated carbocycles. The van der Waals surface area contributed by atoms with Crippen molar-refractivity contribution >= 4 is 23.5 Å². The molecule has 3 rings (SSSR count). The fourth-order valence-electron chi connectivity index (χ4n) is 3.68. The predicted octanol–water partition coefficient (Wildman–Crippen LogP) is 2.58. The molecule has 0 radical (unpaired) electrons. The number of ether oxygens (including phenoxy) is 1. The third kappa shape index (κ3) is 5.69. The van der Waals surface area contributed by atoms with Gasteiger partial charge in [-0.25, -0.2) is 0 Å². The van der Waals surface area contributed by atoms with Gasteiger partial charge in [-0.05, 0) is 17.5 Å². The molecule has 1 heterocycles. The van der Waals surface area contributed by atoms with E-state index in [1.165, 1.54) is 17.0 Å². The Morgan fingerprint density at radius 3 is 2.41 bits per heavy atom. The fraction of sp³-hybridized carbons (Fsp3) is 0.348. The second-order valence-corrected chi connectivity index (χ2v) is 7.60. The first kappa shape index (κ1) is 22.9. The average molecular weight is 439 g/mol. The summed E-state index contributed by atoms with van der Waals surface area (Å²) in [5, 5.41) is 13.4.